The third kappa shape index (κ3) is 3.26. The number of esters is 1. The van der Waals surface area contributed by atoms with Gasteiger partial charge in [0.15, 0.2) is 0 Å². The molecule has 1 atom stereocenters. The van der Waals surface area contributed by atoms with Crippen LogP contribution in [-0.2, 0) is 16.0 Å². The Balaban J connectivity index is 1.86. The monoisotopic (exact) mass is 367 g/mol. The summed E-state index contributed by atoms with van der Waals surface area (Å²) < 4.78 is 13.7. The van der Waals surface area contributed by atoms with Crippen molar-refractivity contribution in [3.63, 3.8) is 0 Å². The molecule has 0 amide bonds. The van der Waals surface area contributed by atoms with Crippen LogP contribution in [-0.4, -0.2) is 40.1 Å². The molecule has 7 heteroatoms. The Labute approximate surface area is 156 Å². The SMILES string of the molecule is COC(=O)c1cn(CC2CCCO2)cc2c(=O)n(-c3cccc(C)c3)nc1-2. The number of hydrogen-bond donors (Lipinski definition) is 0. The van der Waals surface area contributed by atoms with Gasteiger partial charge >= 0.3 is 5.97 Å². The molecule has 1 saturated heterocycles. The van der Waals surface area contributed by atoms with E-state index in [1.807, 2.05) is 35.8 Å². The number of nitrogens with zero attached hydrogens (tertiary/aromatic N) is 3. The molecule has 27 heavy (non-hydrogen) atoms. The van der Waals surface area contributed by atoms with Crippen LogP contribution in [0.5, 0.6) is 0 Å². The number of rotatable bonds is 4. The summed E-state index contributed by atoms with van der Waals surface area (Å²) in [6.07, 6.45) is 5.49. The number of carbonyl (C=O) groups excluding carboxylic acids is 1. The van der Waals surface area contributed by atoms with Crippen LogP contribution in [0.25, 0.3) is 16.9 Å². The minimum atomic E-state index is -0.518. The smallest absolute Gasteiger partial charge is 0.341 e. The molecule has 0 radical (unpaired) electrons. The van der Waals surface area contributed by atoms with Crippen molar-refractivity contribution in [3.8, 4) is 16.9 Å². The number of hydrogen-bond acceptors (Lipinski definition) is 5. The maximum atomic E-state index is 13.0. The van der Waals surface area contributed by atoms with Crippen LogP contribution in [0, 0.1) is 6.92 Å². The molecule has 1 aromatic rings. The van der Waals surface area contributed by atoms with Gasteiger partial charge in [-0.05, 0) is 37.5 Å². The second-order valence-electron chi connectivity index (χ2n) is 6.81. The molecule has 7 nitrogen and oxygen atoms in total. The Morgan fingerprint density at radius 2 is 2.22 bits per heavy atom. The number of carbonyl (C=O) groups is 1. The summed E-state index contributed by atoms with van der Waals surface area (Å²) in [5, 5.41) is 4.42. The molecule has 140 valence electrons. The predicted molar refractivity (Wildman–Crippen MR) is 99.5 cm³/mol. The third-order valence-corrected chi connectivity index (χ3v) is 4.81. The molecule has 1 unspecified atom stereocenters. The molecule has 1 aromatic carbocycles. The zero-order valence-corrected chi connectivity index (χ0v) is 15.3. The van der Waals surface area contributed by atoms with Gasteiger partial charge in [-0.25, -0.2) is 4.79 Å². The highest BCUT2D eigenvalue weighted by atomic mass is 16.5. The van der Waals surface area contributed by atoms with E-state index in [-0.39, 0.29) is 17.2 Å². The van der Waals surface area contributed by atoms with E-state index >= 15 is 0 Å². The number of ether oxygens (including phenoxy) is 2. The van der Waals surface area contributed by atoms with Crippen LogP contribution < -0.4 is 5.56 Å². The minimum Gasteiger partial charge on any atom is -0.465 e. The molecule has 0 saturated carbocycles. The van der Waals surface area contributed by atoms with Gasteiger partial charge in [-0.1, -0.05) is 12.1 Å². The normalized spacial score (nSPS) is 16.7. The summed E-state index contributed by atoms with van der Waals surface area (Å²) in [4.78, 5) is 25.3. The molecule has 1 fully saturated rings. The summed E-state index contributed by atoms with van der Waals surface area (Å²) in [5.74, 6) is -0.518. The van der Waals surface area contributed by atoms with Gasteiger partial charge in [-0.2, -0.15) is 9.78 Å². The summed E-state index contributed by atoms with van der Waals surface area (Å²) in [5.41, 5.74) is 2.43. The van der Waals surface area contributed by atoms with E-state index in [1.54, 1.807) is 12.4 Å². The number of methoxy groups -OCH3 is 1. The molecule has 3 heterocycles. The fourth-order valence-corrected chi connectivity index (χ4v) is 3.48. The molecule has 0 N–H and O–H groups in total. The lowest BCUT2D eigenvalue weighted by molar-refractivity contribution is 0.0598. The summed E-state index contributed by atoms with van der Waals surface area (Å²) >= 11 is 0. The summed E-state index contributed by atoms with van der Waals surface area (Å²) in [7, 11) is 1.32. The van der Waals surface area contributed by atoms with Crippen molar-refractivity contribution in [3.05, 3.63) is 58.1 Å². The minimum absolute atomic E-state index is 0.0832. The van der Waals surface area contributed by atoms with Gasteiger partial charge in [0.05, 0.1) is 24.5 Å². The van der Waals surface area contributed by atoms with E-state index in [9.17, 15) is 9.59 Å². The van der Waals surface area contributed by atoms with Gasteiger partial charge in [-0.3, -0.25) is 4.79 Å². The van der Waals surface area contributed by atoms with Gasteiger partial charge in [0.25, 0.3) is 5.56 Å². The van der Waals surface area contributed by atoms with Gasteiger partial charge in [-0.15, -0.1) is 0 Å². The highest BCUT2D eigenvalue weighted by molar-refractivity contribution is 5.96. The average molecular weight is 367 g/mol. The van der Waals surface area contributed by atoms with Crippen molar-refractivity contribution in [2.24, 2.45) is 0 Å². The molecule has 3 aliphatic heterocycles. The Morgan fingerprint density at radius 1 is 1.37 bits per heavy atom. The molecule has 4 rings (SSSR count). The number of pyridine rings is 1. The Morgan fingerprint density at radius 3 is 2.93 bits per heavy atom. The number of fused-ring (bicyclic) bond motifs is 1. The van der Waals surface area contributed by atoms with Crippen molar-refractivity contribution in [2.75, 3.05) is 13.7 Å². The van der Waals surface area contributed by atoms with Gasteiger partial charge in [0, 0.05) is 25.5 Å². The van der Waals surface area contributed by atoms with Crippen molar-refractivity contribution in [1.82, 2.24) is 14.3 Å². The van der Waals surface area contributed by atoms with Gasteiger partial charge < -0.3 is 14.0 Å². The fraction of sp³-hybridized carbons (Fsp3) is 0.350. The van der Waals surface area contributed by atoms with Crippen molar-refractivity contribution in [2.45, 2.75) is 32.4 Å². The molecular formula is C20H21N3O4. The first-order valence-electron chi connectivity index (χ1n) is 8.96. The highest BCUT2D eigenvalue weighted by Crippen LogP contribution is 2.24. The lowest BCUT2D eigenvalue weighted by atomic mass is 10.1. The van der Waals surface area contributed by atoms with E-state index in [1.165, 1.54) is 11.8 Å². The lowest BCUT2D eigenvalue weighted by Crippen LogP contribution is -2.19. The third-order valence-electron chi connectivity index (χ3n) is 4.81. The predicted octanol–water partition coefficient (Wildman–Crippen LogP) is 2.41. The summed E-state index contributed by atoms with van der Waals surface area (Å²) in [6, 6.07) is 7.52. The van der Waals surface area contributed by atoms with Gasteiger partial charge in [0.2, 0.25) is 0 Å². The van der Waals surface area contributed by atoms with Crippen LogP contribution in [0.15, 0.2) is 41.5 Å². The molecule has 0 bridgehead atoms. The van der Waals surface area contributed by atoms with Crippen LogP contribution in [0.4, 0.5) is 0 Å². The number of aryl methyl sites for hydroxylation is 1. The van der Waals surface area contributed by atoms with E-state index in [0.717, 1.165) is 25.0 Å². The number of benzene rings is 1. The molecule has 0 aromatic heterocycles. The molecule has 0 spiro atoms. The zero-order chi connectivity index (χ0) is 19.0. The van der Waals surface area contributed by atoms with Crippen LogP contribution in [0.3, 0.4) is 0 Å². The van der Waals surface area contributed by atoms with Crippen LogP contribution in [0.1, 0.15) is 28.8 Å². The van der Waals surface area contributed by atoms with E-state index < -0.39 is 5.97 Å². The summed E-state index contributed by atoms with van der Waals surface area (Å²) in [6.45, 7) is 3.27. The highest BCUT2D eigenvalue weighted by Gasteiger charge is 2.26. The zero-order valence-electron chi connectivity index (χ0n) is 15.3. The number of aromatic nitrogens is 3. The topological polar surface area (TPSA) is 75.3 Å². The van der Waals surface area contributed by atoms with Crippen molar-refractivity contribution >= 4 is 5.97 Å². The molecular weight excluding hydrogens is 346 g/mol. The first kappa shape index (κ1) is 17.5. The largest absolute Gasteiger partial charge is 0.465 e. The Kier molecular flexibility index (Phi) is 4.53. The first-order valence-corrected chi connectivity index (χ1v) is 8.96. The van der Waals surface area contributed by atoms with E-state index in [4.69, 9.17) is 9.47 Å². The Bertz CT molecular complexity index is 1010. The van der Waals surface area contributed by atoms with Crippen LogP contribution in [0.2, 0.25) is 0 Å². The van der Waals surface area contributed by atoms with E-state index in [0.29, 0.717) is 23.5 Å². The van der Waals surface area contributed by atoms with Crippen LogP contribution >= 0.6 is 0 Å². The van der Waals surface area contributed by atoms with Crippen molar-refractivity contribution < 1.29 is 14.3 Å². The second-order valence-corrected chi connectivity index (χ2v) is 6.81. The lowest BCUT2D eigenvalue weighted by Gasteiger charge is -2.15. The second kappa shape index (κ2) is 7.00. The quantitative estimate of drug-likeness (QED) is 0.662. The molecule has 0 aliphatic carbocycles. The average Bonchev–Trinajstić information content (AvgIpc) is 3.29. The maximum absolute atomic E-state index is 13.0. The first-order chi connectivity index (χ1) is 13.1. The van der Waals surface area contributed by atoms with E-state index in [2.05, 4.69) is 5.10 Å². The Hall–Kier alpha value is -2.93. The van der Waals surface area contributed by atoms with Crippen molar-refractivity contribution in [1.29, 1.82) is 0 Å². The fourth-order valence-electron chi connectivity index (χ4n) is 3.48. The molecule has 3 aliphatic rings. The standard InChI is InChI=1S/C20H21N3O4/c1-13-5-3-6-14(9-13)23-19(24)16-11-22(10-15-7-4-8-27-15)12-17(18(16)21-23)20(25)26-2/h3,5-6,9,11-12,15H,4,7-8,10H2,1-2H3. The maximum Gasteiger partial charge on any atom is 0.341 e. The van der Waals surface area contributed by atoms with Gasteiger partial charge in [0.1, 0.15) is 11.3 Å².